The molecule has 0 aromatic heterocycles. The van der Waals surface area contributed by atoms with E-state index < -0.39 is 8.96 Å². The second kappa shape index (κ2) is 6.63. The molecule has 2 heteroatoms. The molecule has 0 saturated heterocycles. The Labute approximate surface area is 134 Å². The highest BCUT2D eigenvalue weighted by molar-refractivity contribution is 6.87. The van der Waals surface area contributed by atoms with Crippen LogP contribution in [0.2, 0.25) is 0 Å². The number of rotatable bonds is 4. The Morgan fingerprint density at radius 3 is 1.50 bits per heavy atom. The van der Waals surface area contributed by atoms with Gasteiger partial charge in [0.1, 0.15) is 0 Å². The van der Waals surface area contributed by atoms with Gasteiger partial charge in [0.05, 0.1) is 0 Å². The molecular formula is C20H20NSi. The normalized spacial score (nSPS) is 10.7. The monoisotopic (exact) mass is 302 g/mol. The van der Waals surface area contributed by atoms with Gasteiger partial charge in [0.15, 0.2) is 0 Å². The highest BCUT2D eigenvalue weighted by Crippen LogP contribution is 2.19. The van der Waals surface area contributed by atoms with Crippen LogP contribution >= 0.6 is 0 Å². The number of benzene rings is 3. The maximum Gasteiger partial charge on any atom is 0.239 e. The van der Waals surface area contributed by atoms with Crippen LogP contribution in [0.4, 0.5) is 5.69 Å². The summed E-state index contributed by atoms with van der Waals surface area (Å²) in [6, 6.07) is 28.0. The molecule has 1 nitrogen and oxygen atoms in total. The van der Waals surface area contributed by atoms with Crippen LogP contribution < -0.4 is 15.4 Å². The van der Waals surface area contributed by atoms with Crippen LogP contribution in [0.5, 0.6) is 0 Å². The largest absolute Gasteiger partial charge is 0.403 e. The van der Waals surface area contributed by atoms with Crippen LogP contribution in [0.15, 0.2) is 78.9 Å². The van der Waals surface area contributed by atoms with Gasteiger partial charge < -0.3 is 4.98 Å². The van der Waals surface area contributed by atoms with E-state index in [1.54, 1.807) is 0 Å². The van der Waals surface area contributed by atoms with Gasteiger partial charge in [-0.2, -0.15) is 0 Å². The van der Waals surface area contributed by atoms with E-state index in [4.69, 9.17) is 0 Å². The second-order valence-corrected chi connectivity index (χ2v) is 7.65. The molecule has 0 saturated carbocycles. The Bertz CT molecular complexity index is 678. The van der Waals surface area contributed by atoms with Crippen molar-refractivity contribution >= 4 is 25.0 Å². The summed E-state index contributed by atoms with van der Waals surface area (Å²) in [5, 5.41) is 2.75. The Kier molecular flexibility index (Phi) is 4.40. The molecule has 0 amide bonds. The van der Waals surface area contributed by atoms with Gasteiger partial charge in [-0.3, -0.25) is 0 Å². The minimum atomic E-state index is -1.05. The fourth-order valence-electron chi connectivity index (χ4n) is 2.66. The third-order valence-electron chi connectivity index (χ3n) is 3.86. The summed E-state index contributed by atoms with van der Waals surface area (Å²) in [5.41, 5.74) is 3.87. The van der Waals surface area contributed by atoms with Crippen LogP contribution in [0.25, 0.3) is 0 Å². The van der Waals surface area contributed by atoms with Crippen molar-refractivity contribution in [3.8, 4) is 0 Å². The van der Waals surface area contributed by atoms with Crippen LogP contribution in [0.1, 0.15) is 11.1 Å². The maximum atomic E-state index is 3.85. The zero-order valence-corrected chi connectivity index (χ0v) is 14.0. The number of aryl methyl sites for hydroxylation is 2. The molecule has 3 aromatic rings. The van der Waals surface area contributed by atoms with E-state index in [1.807, 2.05) is 0 Å². The summed E-state index contributed by atoms with van der Waals surface area (Å²) in [4.78, 5) is 3.85. The lowest BCUT2D eigenvalue weighted by molar-refractivity contribution is 1.38. The summed E-state index contributed by atoms with van der Waals surface area (Å²) in [5.74, 6) is 0. The van der Waals surface area contributed by atoms with Gasteiger partial charge >= 0.3 is 0 Å². The molecule has 0 aliphatic heterocycles. The number of hydrogen-bond donors (Lipinski definition) is 1. The molecular weight excluding hydrogens is 282 g/mol. The predicted octanol–water partition coefficient (Wildman–Crippen LogP) is 3.52. The van der Waals surface area contributed by atoms with E-state index in [2.05, 4.69) is 97.7 Å². The van der Waals surface area contributed by atoms with Gasteiger partial charge in [0.25, 0.3) is 0 Å². The minimum Gasteiger partial charge on any atom is -0.403 e. The third-order valence-corrected chi connectivity index (χ3v) is 6.18. The molecule has 0 spiro atoms. The Balaban J connectivity index is 2.03. The molecule has 109 valence electrons. The molecule has 0 bridgehead atoms. The molecule has 0 aliphatic carbocycles. The van der Waals surface area contributed by atoms with E-state index in [0.717, 1.165) is 0 Å². The molecule has 0 atom stereocenters. The highest BCUT2D eigenvalue weighted by Gasteiger charge is 2.19. The molecule has 3 rings (SSSR count). The summed E-state index contributed by atoms with van der Waals surface area (Å²) in [7, 11) is -1.05. The fraction of sp³-hybridized carbons (Fsp3) is 0.100. The van der Waals surface area contributed by atoms with Crippen molar-refractivity contribution in [2.24, 2.45) is 0 Å². The van der Waals surface area contributed by atoms with Gasteiger partial charge in [-0.25, -0.2) is 0 Å². The summed E-state index contributed by atoms with van der Waals surface area (Å²) < 4.78 is 0. The first-order valence-electron chi connectivity index (χ1n) is 7.57. The van der Waals surface area contributed by atoms with Gasteiger partial charge in [0.2, 0.25) is 8.96 Å². The fourth-order valence-corrected chi connectivity index (χ4v) is 4.98. The molecule has 1 N–H and O–H groups in total. The molecule has 0 fully saturated rings. The lowest BCUT2D eigenvalue weighted by Crippen LogP contribution is -2.49. The summed E-state index contributed by atoms with van der Waals surface area (Å²) in [6.45, 7) is 4.34. The molecule has 0 unspecified atom stereocenters. The average molecular weight is 302 g/mol. The van der Waals surface area contributed by atoms with Gasteiger partial charge in [-0.05, 0) is 35.3 Å². The van der Waals surface area contributed by atoms with E-state index in [0.29, 0.717) is 0 Å². The van der Waals surface area contributed by atoms with Crippen molar-refractivity contribution in [2.45, 2.75) is 13.8 Å². The minimum absolute atomic E-state index is 1.05. The highest BCUT2D eigenvalue weighted by atomic mass is 28.3. The predicted molar refractivity (Wildman–Crippen MR) is 97.4 cm³/mol. The molecule has 0 heterocycles. The smallest absolute Gasteiger partial charge is 0.239 e. The molecule has 0 aliphatic rings. The first-order chi connectivity index (χ1) is 10.8. The van der Waals surface area contributed by atoms with Crippen molar-refractivity contribution in [2.75, 3.05) is 4.98 Å². The van der Waals surface area contributed by atoms with Crippen LogP contribution in [0.3, 0.4) is 0 Å². The van der Waals surface area contributed by atoms with Crippen molar-refractivity contribution in [1.82, 2.24) is 0 Å². The number of hydrogen-bond acceptors (Lipinski definition) is 1. The standard InChI is InChI=1S/C20H20NSi/c1-16-10-9-11-17(2)20(16)21-22(18-12-5-3-6-13-18)19-14-7-4-8-15-19/h3-15,21H,1-2H3. The Morgan fingerprint density at radius 2 is 1.05 bits per heavy atom. The SMILES string of the molecule is Cc1cccc(C)c1N[Si](c1ccccc1)c1ccccc1. The van der Waals surface area contributed by atoms with E-state index >= 15 is 0 Å². The third kappa shape index (κ3) is 3.12. The van der Waals surface area contributed by atoms with E-state index in [1.165, 1.54) is 27.2 Å². The van der Waals surface area contributed by atoms with Crippen LogP contribution in [-0.2, 0) is 0 Å². The zero-order chi connectivity index (χ0) is 15.4. The van der Waals surface area contributed by atoms with Gasteiger partial charge in [-0.15, -0.1) is 0 Å². The van der Waals surface area contributed by atoms with Crippen molar-refractivity contribution < 1.29 is 0 Å². The van der Waals surface area contributed by atoms with Crippen molar-refractivity contribution in [3.05, 3.63) is 90.0 Å². The maximum absolute atomic E-state index is 3.85. The lowest BCUT2D eigenvalue weighted by Gasteiger charge is -2.21. The van der Waals surface area contributed by atoms with E-state index in [9.17, 15) is 0 Å². The average Bonchev–Trinajstić information content (AvgIpc) is 2.56. The lowest BCUT2D eigenvalue weighted by atomic mass is 10.1. The van der Waals surface area contributed by atoms with Crippen LogP contribution in [0, 0.1) is 13.8 Å². The first kappa shape index (κ1) is 14.6. The van der Waals surface area contributed by atoms with Gasteiger partial charge in [0, 0.05) is 5.69 Å². The first-order valence-corrected chi connectivity index (χ1v) is 9.07. The molecule has 22 heavy (non-hydrogen) atoms. The quantitative estimate of drug-likeness (QED) is 0.727. The van der Waals surface area contributed by atoms with E-state index in [-0.39, 0.29) is 0 Å². The molecule has 3 aromatic carbocycles. The summed E-state index contributed by atoms with van der Waals surface area (Å²) in [6.07, 6.45) is 0. The Hall–Kier alpha value is -2.32. The Morgan fingerprint density at radius 1 is 0.591 bits per heavy atom. The number of nitrogens with one attached hydrogen (secondary N) is 1. The number of anilines is 1. The summed E-state index contributed by atoms with van der Waals surface area (Å²) >= 11 is 0. The topological polar surface area (TPSA) is 12.0 Å². The molecule has 1 radical (unpaired) electrons. The van der Waals surface area contributed by atoms with Crippen LogP contribution in [-0.4, -0.2) is 8.96 Å². The second-order valence-electron chi connectivity index (χ2n) is 5.50. The van der Waals surface area contributed by atoms with Crippen molar-refractivity contribution in [1.29, 1.82) is 0 Å². The number of para-hydroxylation sites is 1. The zero-order valence-electron chi connectivity index (χ0n) is 13.0. The van der Waals surface area contributed by atoms with Gasteiger partial charge in [-0.1, -0.05) is 78.9 Å². The van der Waals surface area contributed by atoms with Crippen molar-refractivity contribution in [3.63, 3.8) is 0 Å².